The third-order valence-corrected chi connectivity index (χ3v) is 8.26. The lowest BCUT2D eigenvalue weighted by atomic mass is 9.94. The van der Waals surface area contributed by atoms with Gasteiger partial charge in [-0.1, -0.05) is 31.0 Å². The van der Waals surface area contributed by atoms with Crippen LogP contribution in [0.4, 0.5) is 14.5 Å². The van der Waals surface area contributed by atoms with Gasteiger partial charge in [0, 0.05) is 18.2 Å². The van der Waals surface area contributed by atoms with Crippen molar-refractivity contribution in [2.75, 3.05) is 5.32 Å². The minimum atomic E-state index is -4.19. The van der Waals surface area contributed by atoms with E-state index >= 15 is 0 Å². The van der Waals surface area contributed by atoms with Crippen LogP contribution in [0.3, 0.4) is 0 Å². The number of sulfonamides is 1. The van der Waals surface area contributed by atoms with Gasteiger partial charge in [-0.15, -0.1) is 4.40 Å². The van der Waals surface area contributed by atoms with E-state index in [9.17, 15) is 26.8 Å². The molecule has 0 aromatic heterocycles. The number of amidine groups is 1. The highest BCUT2D eigenvalue weighted by molar-refractivity contribution is 8.16. The molecule has 2 aromatic carbocycles. The first kappa shape index (κ1) is 24.3. The number of rotatable bonds is 6. The lowest BCUT2D eigenvalue weighted by Crippen LogP contribution is -2.42. The fourth-order valence-electron chi connectivity index (χ4n) is 4.03. The molecule has 0 bridgehead atoms. The molecule has 1 atom stereocenters. The second-order valence-corrected chi connectivity index (χ2v) is 10.9. The zero-order valence-electron chi connectivity index (χ0n) is 18.1. The molecule has 1 unspecified atom stereocenters. The second-order valence-electron chi connectivity index (χ2n) is 8.17. The molecular formula is C23H23F2N3O4S2. The molecule has 2 aliphatic rings. The molecule has 11 heteroatoms. The highest BCUT2D eigenvalue weighted by Crippen LogP contribution is 2.36. The van der Waals surface area contributed by atoms with Crippen molar-refractivity contribution < 1.29 is 26.8 Å². The van der Waals surface area contributed by atoms with Gasteiger partial charge in [0.2, 0.25) is 11.8 Å². The number of thioether (sulfide) groups is 1. The van der Waals surface area contributed by atoms with Crippen molar-refractivity contribution in [3.63, 3.8) is 0 Å². The molecule has 1 aliphatic carbocycles. The number of hydrogen-bond donors (Lipinski definition) is 1. The minimum absolute atomic E-state index is 0.0285. The molecule has 2 amide bonds. The molecule has 1 aliphatic heterocycles. The first-order chi connectivity index (χ1) is 16.2. The summed E-state index contributed by atoms with van der Waals surface area (Å²) in [5, 5.41) is 1.81. The zero-order valence-corrected chi connectivity index (χ0v) is 19.7. The number of halogens is 2. The standard InChI is InChI=1S/C23H23F2N3O4S2/c24-15-6-10-17(11-7-15)26-21(29)14-20-22(30)28(18-4-2-1-3-5-18)23(33-20)27-34(31,32)19-12-8-16(25)9-13-19/h6-13,18,20H,1-5,14H2,(H,26,29). The Morgan fingerprint density at radius 1 is 1.00 bits per heavy atom. The van der Waals surface area contributed by atoms with E-state index in [-0.39, 0.29) is 28.4 Å². The minimum Gasteiger partial charge on any atom is -0.326 e. The van der Waals surface area contributed by atoms with Crippen LogP contribution in [0.1, 0.15) is 38.5 Å². The van der Waals surface area contributed by atoms with Crippen molar-refractivity contribution in [3.8, 4) is 0 Å². The summed E-state index contributed by atoms with van der Waals surface area (Å²) in [5.41, 5.74) is 0.388. The SMILES string of the molecule is O=C(CC1SC(=NS(=O)(=O)c2ccc(F)cc2)N(C2CCCCC2)C1=O)Nc1ccc(F)cc1. The van der Waals surface area contributed by atoms with Crippen LogP contribution >= 0.6 is 11.8 Å². The summed E-state index contributed by atoms with van der Waals surface area (Å²) in [7, 11) is -4.19. The molecule has 4 rings (SSSR count). The normalized spacial score (nSPS) is 20.6. The lowest BCUT2D eigenvalue weighted by molar-refractivity contribution is -0.130. The van der Waals surface area contributed by atoms with Gasteiger partial charge in [0.15, 0.2) is 5.17 Å². The predicted molar refractivity (Wildman–Crippen MR) is 126 cm³/mol. The predicted octanol–water partition coefficient (Wildman–Crippen LogP) is 4.32. The van der Waals surface area contributed by atoms with Crippen molar-refractivity contribution in [2.24, 2.45) is 4.40 Å². The van der Waals surface area contributed by atoms with E-state index in [2.05, 4.69) is 9.71 Å². The van der Waals surface area contributed by atoms with E-state index in [0.717, 1.165) is 68.1 Å². The first-order valence-corrected chi connectivity index (χ1v) is 13.2. The van der Waals surface area contributed by atoms with Crippen LogP contribution in [0.25, 0.3) is 0 Å². The van der Waals surface area contributed by atoms with E-state index in [1.807, 2.05) is 0 Å². The molecule has 0 radical (unpaired) electrons. The molecule has 1 saturated carbocycles. The van der Waals surface area contributed by atoms with Crippen LogP contribution < -0.4 is 5.32 Å². The number of amides is 2. The Morgan fingerprint density at radius 3 is 2.21 bits per heavy atom. The van der Waals surface area contributed by atoms with Crippen LogP contribution in [0, 0.1) is 11.6 Å². The maximum absolute atomic E-state index is 13.3. The van der Waals surface area contributed by atoms with Gasteiger partial charge >= 0.3 is 0 Å². The van der Waals surface area contributed by atoms with Crippen molar-refractivity contribution in [3.05, 3.63) is 60.2 Å². The molecular weight excluding hydrogens is 484 g/mol. The van der Waals surface area contributed by atoms with Crippen molar-refractivity contribution in [1.29, 1.82) is 0 Å². The number of hydrogen-bond acceptors (Lipinski definition) is 5. The molecule has 1 heterocycles. The highest BCUT2D eigenvalue weighted by Gasteiger charge is 2.43. The van der Waals surface area contributed by atoms with E-state index in [1.54, 1.807) is 0 Å². The maximum atomic E-state index is 13.3. The van der Waals surface area contributed by atoms with Gasteiger partial charge in [0.1, 0.15) is 16.9 Å². The number of nitrogens with zero attached hydrogens (tertiary/aromatic N) is 2. The fraction of sp³-hybridized carbons (Fsp3) is 0.348. The molecule has 1 N–H and O–H groups in total. The Balaban J connectivity index is 1.57. The van der Waals surface area contributed by atoms with Crippen LogP contribution in [-0.2, 0) is 19.6 Å². The number of nitrogens with one attached hydrogen (secondary N) is 1. The van der Waals surface area contributed by atoms with E-state index in [4.69, 9.17) is 0 Å². The Kier molecular flexibility index (Phi) is 7.32. The summed E-state index contributed by atoms with van der Waals surface area (Å²) in [6.45, 7) is 0. The van der Waals surface area contributed by atoms with Crippen molar-refractivity contribution in [2.45, 2.75) is 54.7 Å². The largest absolute Gasteiger partial charge is 0.326 e. The Labute approximate surface area is 200 Å². The monoisotopic (exact) mass is 507 g/mol. The van der Waals surface area contributed by atoms with E-state index in [0.29, 0.717) is 5.69 Å². The van der Waals surface area contributed by atoms with Crippen LogP contribution in [0.2, 0.25) is 0 Å². The van der Waals surface area contributed by atoms with Gasteiger partial charge in [-0.05, 0) is 61.4 Å². The fourth-order valence-corrected chi connectivity index (χ4v) is 6.43. The Bertz CT molecular complexity index is 1200. The molecule has 0 spiro atoms. The number of carbonyl (C=O) groups is 2. The summed E-state index contributed by atoms with van der Waals surface area (Å²) < 4.78 is 56.0. The molecule has 7 nitrogen and oxygen atoms in total. The zero-order chi connectivity index (χ0) is 24.3. The third kappa shape index (κ3) is 5.64. The molecule has 2 fully saturated rings. The van der Waals surface area contributed by atoms with Gasteiger partial charge < -0.3 is 5.32 Å². The smallest absolute Gasteiger partial charge is 0.284 e. The van der Waals surface area contributed by atoms with Crippen LogP contribution in [-0.4, -0.2) is 41.6 Å². The van der Waals surface area contributed by atoms with Crippen LogP contribution in [0.5, 0.6) is 0 Å². The van der Waals surface area contributed by atoms with Gasteiger partial charge in [-0.3, -0.25) is 14.5 Å². The van der Waals surface area contributed by atoms with Crippen molar-refractivity contribution >= 4 is 44.5 Å². The number of carbonyl (C=O) groups excluding carboxylic acids is 2. The van der Waals surface area contributed by atoms with Crippen molar-refractivity contribution in [1.82, 2.24) is 4.90 Å². The van der Waals surface area contributed by atoms with Gasteiger partial charge in [-0.25, -0.2) is 8.78 Å². The van der Waals surface area contributed by atoms with Crippen LogP contribution in [0.15, 0.2) is 57.8 Å². The Morgan fingerprint density at radius 2 is 1.59 bits per heavy atom. The summed E-state index contributed by atoms with van der Waals surface area (Å²) in [4.78, 5) is 27.0. The quantitative estimate of drug-likeness (QED) is 0.629. The molecule has 180 valence electrons. The van der Waals surface area contributed by atoms with Gasteiger partial charge in [0.05, 0.1) is 4.90 Å². The van der Waals surface area contributed by atoms with Gasteiger partial charge in [0.25, 0.3) is 10.0 Å². The van der Waals surface area contributed by atoms with E-state index < -0.39 is 32.8 Å². The van der Waals surface area contributed by atoms with E-state index in [1.165, 1.54) is 29.2 Å². The topological polar surface area (TPSA) is 95.9 Å². The lowest BCUT2D eigenvalue weighted by Gasteiger charge is -2.30. The third-order valence-electron chi connectivity index (χ3n) is 5.72. The number of anilines is 1. The average molecular weight is 508 g/mol. The highest BCUT2D eigenvalue weighted by atomic mass is 32.2. The summed E-state index contributed by atoms with van der Waals surface area (Å²) in [6, 6.07) is 9.34. The molecule has 1 saturated heterocycles. The first-order valence-electron chi connectivity index (χ1n) is 10.9. The summed E-state index contributed by atoms with van der Waals surface area (Å²) in [5.74, 6) is -1.83. The Hall–Kier alpha value is -2.79. The molecule has 2 aromatic rings. The van der Waals surface area contributed by atoms with Gasteiger partial charge in [-0.2, -0.15) is 8.42 Å². The maximum Gasteiger partial charge on any atom is 0.284 e. The number of benzene rings is 2. The molecule has 34 heavy (non-hydrogen) atoms. The second kappa shape index (κ2) is 10.2. The average Bonchev–Trinajstić information content (AvgIpc) is 3.10. The summed E-state index contributed by atoms with van der Waals surface area (Å²) in [6.07, 6.45) is 4.10. The summed E-state index contributed by atoms with van der Waals surface area (Å²) >= 11 is 0.939.